The minimum absolute atomic E-state index is 0.572. The van der Waals surface area contributed by atoms with E-state index in [0.29, 0.717) is 17.1 Å². The van der Waals surface area contributed by atoms with Gasteiger partial charge in [-0.2, -0.15) is 5.10 Å². The number of carbonyl (C=O) groups is 1. The molecule has 0 aliphatic carbocycles. The second-order valence-electron chi connectivity index (χ2n) is 3.66. The number of hydrogen-bond acceptors (Lipinski definition) is 4. The molecule has 0 spiro atoms. The van der Waals surface area contributed by atoms with E-state index in [2.05, 4.69) is 10.1 Å². The van der Waals surface area contributed by atoms with Crippen LogP contribution in [-0.2, 0) is 0 Å². The number of thiophene rings is 1. The van der Waals surface area contributed by atoms with Gasteiger partial charge in [0.2, 0.25) is 0 Å². The van der Waals surface area contributed by atoms with Crippen molar-refractivity contribution in [2.45, 2.75) is 0 Å². The first-order valence-corrected chi connectivity index (χ1v) is 6.26. The average molecular weight is 255 g/mol. The molecular formula is C13H9N3OS. The Hall–Kier alpha value is -2.27. The monoisotopic (exact) mass is 255 g/mol. The van der Waals surface area contributed by atoms with Crippen LogP contribution in [0.5, 0.6) is 0 Å². The predicted molar refractivity (Wildman–Crippen MR) is 70.1 cm³/mol. The minimum atomic E-state index is 0.572. The molecule has 3 rings (SSSR count). The Morgan fingerprint density at radius 3 is 2.83 bits per heavy atom. The molecule has 0 aliphatic rings. The van der Waals surface area contributed by atoms with Gasteiger partial charge in [0.25, 0.3) is 0 Å². The molecule has 0 aliphatic heterocycles. The fourth-order valence-corrected chi connectivity index (χ4v) is 2.42. The highest BCUT2D eigenvalue weighted by Crippen LogP contribution is 2.26. The lowest BCUT2D eigenvalue weighted by Crippen LogP contribution is -1.96. The summed E-state index contributed by atoms with van der Waals surface area (Å²) < 4.78 is 1.62. The van der Waals surface area contributed by atoms with E-state index in [-0.39, 0.29) is 0 Å². The molecule has 0 bridgehead atoms. The summed E-state index contributed by atoms with van der Waals surface area (Å²) in [5.74, 6) is 0.698. The average Bonchev–Trinajstić information content (AvgIpc) is 3.08. The number of pyridine rings is 1. The molecule has 0 N–H and O–H groups in total. The van der Waals surface area contributed by atoms with Gasteiger partial charge >= 0.3 is 0 Å². The highest BCUT2D eigenvalue weighted by Gasteiger charge is 2.12. The molecule has 0 unspecified atom stereocenters. The van der Waals surface area contributed by atoms with Crippen LogP contribution in [0.4, 0.5) is 0 Å². The molecule has 0 radical (unpaired) electrons. The summed E-state index contributed by atoms with van der Waals surface area (Å²) in [4.78, 5) is 16.3. The molecule has 18 heavy (non-hydrogen) atoms. The van der Waals surface area contributed by atoms with Gasteiger partial charge in [-0.1, -0.05) is 12.1 Å². The SMILES string of the molecule is O=Cc1cn(-c2ccccn2)nc1-c1cccs1. The first-order valence-electron chi connectivity index (χ1n) is 5.38. The highest BCUT2D eigenvalue weighted by atomic mass is 32.1. The van der Waals surface area contributed by atoms with Crippen molar-refractivity contribution in [2.75, 3.05) is 0 Å². The predicted octanol–water partition coefficient (Wildman–Crippen LogP) is 2.81. The Kier molecular flexibility index (Phi) is 2.74. The van der Waals surface area contributed by atoms with Gasteiger partial charge in [-0.05, 0) is 23.6 Å². The summed E-state index contributed by atoms with van der Waals surface area (Å²) in [5.41, 5.74) is 1.27. The van der Waals surface area contributed by atoms with E-state index in [9.17, 15) is 4.79 Å². The van der Waals surface area contributed by atoms with Crippen molar-refractivity contribution in [1.29, 1.82) is 0 Å². The van der Waals surface area contributed by atoms with Crippen molar-refractivity contribution < 1.29 is 4.79 Å². The summed E-state index contributed by atoms with van der Waals surface area (Å²) in [6, 6.07) is 9.46. The molecule has 3 aromatic rings. The Balaban J connectivity index is 2.12. The van der Waals surface area contributed by atoms with Gasteiger partial charge in [-0.3, -0.25) is 4.79 Å². The topological polar surface area (TPSA) is 47.8 Å². The van der Waals surface area contributed by atoms with Gasteiger partial charge in [0.05, 0.1) is 10.4 Å². The van der Waals surface area contributed by atoms with Crippen molar-refractivity contribution in [3.8, 4) is 16.4 Å². The summed E-state index contributed by atoms with van der Waals surface area (Å²) >= 11 is 1.56. The number of rotatable bonds is 3. The largest absolute Gasteiger partial charge is 0.298 e. The molecule has 0 atom stereocenters. The van der Waals surface area contributed by atoms with Gasteiger partial charge in [0.1, 0.15) is 5.69 Å². The number of nitrogens with zero attached hydrogens (tertiary/aromatic N) is 3. The minimum Gasteiger partial charge on any atom is -0.298 e. The maximum absolute atomic E-state index is 11.1. The fourth-order valence-electron chi connectivity index (χ4n) is 1.68. The van der Waals surface area contributed by atoms with Gasteiger partial charge < -0.3 is 0 Å². The first-order chi connectivity index (χ1) is 8.88. The third-order valence-electron chi connectivity index (χ3n) is 2.51. The van der Waals surface area contributed by atoms with Crippen molar-refractivity contribution >= 4 is 17.6 Å². The summed E-state index contributed by atoms with van der Waals surface area (Å²) in [7, 11) is 0. The van der Waals surface area contributed by atoms with Gasteiger partial charge in [-0.25, -0.2) is 9.67 Å². The Labute approximate surface area is 108 Å². The standard InChI is InChI=1S/C13H9N3OS/c17-9-10-8-16(12-5-1-2-6-14-12)15-13(10)11-4-3-7-18-11/h1-9H. The number of aldehydes is 1. The lowest BCUT2D eigenvalue weighted by molar-refractivity contribution is 0.112. The van der Waals surface area contributed by atoms with E-state index < -0.39 is 0 Å². The van der Waals surface area contributed by atoms with Crippen LogP contribution < -0.4 is 0 Å². The maximum Gasteiger partial charge on any atom is 0.153 e. The smallest absolute Gasteiger partial charge is 0.153 e. The Bertz CT molecular complexity index is 659. The van der Waals surface area contributed by atoms with Gasteiger partial charge in [0.15, 0.2) is 12.1 Å². The van der Waals surface area contributed by atoms with Crippen LogP contribution in [0, 0.1) is 0 Å². The lowest BCUT2D eigenvalue weighted by Gasteiger charge is -1.97. The van der Waals surface area contributed by atoms with E-state index in [4.69, 9.17) is 0 Å². The van der Waals surface area contributed by atoms with Crippen molar-refractivity contribution in [1.82, 2.24) is 14.8 Å². The van der Waals surface area contributed by atoms with E-state index in [0.717, 1.165) is 11.2 Å². The molecule has 0 amide bonds. The molecule has 88 valence electrons. The van der Waals surface area contributed by atoms with E-state index in [1.54, 1.807) is 28.4 Å². The zero-order valence-electron chi connectivity index (χ0n) is 9.35. The Morgan fingerprint density at radius 2 is 2.17 bits per heavy atom. The quantitative estimate of drug-likeness (QED) is 0.676. The lowest BCUT2D eigenvalue weighted by atomic mass is 10.2. The van der Waals surface area contributed by atoms with Crippen molar-refractivity contribution in [3.05, 3.63) is 53.7 Å². The van der Waals surface area contributed by atoms with Crippen LogP contribution in [0.3, 0.4) is 0 Å². The maximum atomic E-state index is 11.1. The van der Waals surface area contributed by atoms with E-state index in [1.165, 1.54) is 0 Å². The second-order valence-corrected chi connectivity index (χ2v) is 4.61. The Morgan fingerprint density at radius 1 is 1.22 bits per heavy atom. The summed E-state index contributed by atoms with van der Waals surface area (Å²) in [6.07, 6.45) is 4.22. The summed E-state index contributed by atoms with van der Waals surface area (Å²) in [5, 5.41) is 6.39. The highest BCUT2D eigenvalue weighted by molar-refractivity contribution is 7.13. The second kappa shape index (κ2) is 4.54. The molecule has 5 heteroatoms. The molecule has 3 aromatic heterocycles. The van der Waals surface area contributed by atoms with Crippen molar-refractivity contribution in [2.24, 2.45) is 0 Å². The van der Waals surface area contributed by atoms with Crippen LogP contribution >= 0.6 is 11.3 Å². The zero-order valence-corrected chi connectivity index (χ0v) is 10.2. The number of hydrogen-bond donors (Lipinski definition) is 0. The van der Waals surface area contributed by atoms with Crippen LogP contribution in [0.1, 0.15) is 10.4 Å². The van der Waals surface area contributed by atoms with Gasteiger partial charge in [-0.15, -0.1) is 11.3 Å². The third kappa shape index (κ3) is 1.84. The van der Waals surface area contributed by atoms with Crippen molar-refractivity contribution in [3.63, 3.8) is 0 Å². The third-order valence-corrected chi connectivity index (χ3v) is 3.38. The molecule has 0 saturated heterocycles. The number of aromatic nitrogens is 3. The molecule has 0 fully saturated rings. The summed E-state index contributed by atoms with van der Waals surface area (Å²) in [6.45, 7) is 0. The molecule has 0 aromatic carbocycles. The fraction of sp³-hybridized carbons (Fsp3) is 0. The van der Waals surface area contributed by atoms with Crippen LogP contribution in [0.25, 0.3) is 16.4 Å². The molecule has 0 saturated carbocycles. The molecule has 4 nitrogen and oxygen atoms in total. The van der Waals surface area contributed by atoms with Crippen LogP contribution in [0.15, 0.2) is 48.1 Å². The van der Waals surface area contributed by atoms with E-state index in [1.807, 2.05) is 35.7 Å². The molecule has 3 heterocycles. The number of carbonyl (C=O) groups excluding carboxylic acids is 1. The van der Waals surface area contributed by atoms with Gasteiger partial charge in [0, 0.05) is 12.4 Å². The normalized spacial score (nSPS) is 10.4. The zero-order chi connectivity index (χ0) is 12.4. The molecular weight excluding hydrogens is 246 g/mol. The van der Waals surface area contributed by atoms with E-state index >= 15 is 0 Å². The first kappa shape index (κ1) is 10.9. The van der Waals surface area contributed by atoms with Crippen LogP contribution in [-0.4, -0.2) is 21.1 Å². The van der Waals surface area contributed by atoms with Crippen LogP contribution in [0.2, 0.25) is 0 Å².